The van der Waals surface area contributed by atoms with Gasteiger partial charge in [-0.25, -0.2) is 4.79 Å². The van der Waals surface area contributed by atoms with Crippen LogP contribution >= 0.6 is 11.8 Å². The average Bonchev–Trinajstić information content (AvgIpc) is 2.93. The fraction of sp³-hybridized carbons (Fsp3) is 0.286. The van der Waals surface area contributed by atoms with E-state index in [4.69, 9.17) is 4.74 Å². The Morgan fingerprint density at radius 3 is 2.74 bits per heavy atom. The lowest BCUT2D eigenvalue weighted by Crippen LogP contribution is -2.38. The molecule has 1 aromatic heterocycles. The fourth-order valence-electron chi connectivity index (χ4n) is 1.86. The van der Waals surface area contributed by atoms with E-state index >= 15 is 0 Å². The highest BCUT2D eigenvalue weighted by Crippen LogP contribution is 2.29. The predicted molar refractivity (Wildman–Crippen MR) is 86.3 cm³/mol. The zero-order chi connectivity index (χ0) is 16.8. The van der Waals surface area contributed by atoms with Crippen LogP contribution in [-0.4, -0.2) is 46.6 Å². The molecule has 2 aromatic rings. The van der Waals surface area contributed by atoms with E-state index in [1.165, 1.54) is 18.8 Å². The molecule has 0 fully saturated rings. The third-order valence-electron chi connectivity index (χ3n) is 3.00. The largest absolute Gasteiger partial charge is 0.496 e. The average molecular weight is 335 g/mol. The molecule has 2 rings (SSSR count). The number of carbonyl (C=O) groups is 2. The maximum absolute atomic E-state index is 11.6. The number of thioether (sulfide) groups is 1. The van der Waals surface area contributed by atoms with Crippen molar-refractivity contribution in [3.05, 3.63) is 24.3 Å². The molecule has 0 aliphatic carbocycles. The van der Waals surface area contributed by atoms with Gasteiger partial charge >= 0.3 is 6.03 Å². The van der Waals surface area contributed by atoms with E-state index in [1.807, 2.05) is 24.3 Å². The van der Waals surface area contributed by atoms with Gasteiger partial charge in [-0.15, -0.1) is 10.2 Å². The van der Waals surface area contributed by atoms with E-state index in [-0.39, 0.29) is 5.75 Å². The first kappa shape index (κ1) is 16.8. The summed E-state index contributed by atoms with van der Waals surface area (Å²) >= 11 is 1.19. The molecule has 0 saturated carbocycles. The molecule has 8 nitrogen and oxygen atoms in total. The van der Waals surface area contributed by atoms with Crippen LogP contribution < -0.4 is 15.4 Å². The van der Waals surface area contributed by atoms with Gasteiger partial charge in [0, 0.05) is 14.1 Å². The zero-order valence-electron chi connectivity index (χ0n) is 13.0. The van der Waals surface area contributed by atoms with E-state index in [9.17, 15) is 9.59 Å². The van der Waals surface area contributed by atoms with Crippen LogP contribution in [0.4, 0.5) is 4.79 Å². The summed E-state index contributed by atoms with van der Waals surface area (Å²) in [6, 6.07) is 6.94. The van der Waals surface area contributed by atoms with Crippen LogP contribution in [0.5, 0.6) is 5.75 Å². The van der Waals surface area contributed by atoms with Crippen molar-refractivity contribution in [2.45, 2.75) is 5.16 Å². The fourth-order valence-corrected chi connectivity index (χ4v) is 2.57. The molecule has 3 amide bonds. The van der Waals surface area contributed by atoms with Gasteiger partial charge in [-0.05, 0) is 12.1 Å². The van der Waals surface area contributed by atoms with Crippen molar-refractivity contribution in [3.63, 3.8) is 0 Å². The van der Waals surface area contributed by atoms with E-state index in [0.29, 0.717) is 16.7 Å². The number of rotatable bonds is 5. The first-order chi connectivity index (χ1) is 11.1. The Balaban J connectivity index is 2.11. The van der Waals surface area contributed by atoms with Crippen molar-refractivity contribution in [2.75, 3.05) is 19.9 Å². The van der Waals surface area contributed by atoms with E-state index in [1.54, 1.807) is 18.7 Å². The molecule has 9 heteroatoms. The number of urea groups is 1. The molecule has 1 heterocycles. The lowest BCUT2D eigenvalue weighted by molar-refractivity contribution is -0.117. The molecule has 0 bridgehead atoms. The van der Waals surface area contributed by atoms with Crippen LogP contribution in [0.15, 0.2) is 29.4 Å². The lowest BCUT2D eigenvalue weighted by atomic mass is 10.2. The standard InChI is InChI=1S/C14H17N5O3S/c1-15-13(21)16-11(20)8-23-14-18-17-12(19(14)2)9-6-4-5-7-10(9)22-3/h4-7H,8H2,1-3H3,(H2,15,16,20,21). The van der Waals surface area contributed by atoms with Crippen LogP contribution in [-0.2, 0) is 11.8 Å². The minimum absolute atomic E-state index is 0.0608. The van der Waals surface area contributed by atoms with Gasteiger partial charge < -0.3 is 14.6 Å². The normalized spacial score (nSPS) is 10.2. The highest BCUT2D eigenvalue weighted by Gasteiger charge is 2.16. The number of hydrogen-bond donors (Lipinski definition) is 2. The molecular weight excluding hydrogens is 318 g/mol. The molecule has 2 N–H and O–H groups in total. The summed E-state index contributed by atoms with van der Waals surface area (Å²) in [4.78, 5) is 22.7. The summed E-state index contributed by atoms with van der Waals surface area (Å²) in [5.41, 5.74) is 0.812. The molecular formula is C14H17N5O3S. The summed E-state index contributed by atoms with van der Waals surface area (Å²) in [7, 11) is 4.84. The van der Waals surface area contributed by atoms with Crippen LogP contribution in [0.25, 0.3) is 11.4 Å². The number of ether oxygens (including phenoxy) is 1. The van der Waals surface area contributed by atoms with Crippen LogP contribution in [0.3, 0.4) is 0 Å². The predicted octanol–water partition coefficient (Wildman–Crippen LogP) is 1.04. The Morgan fingerprint density at radius 1 is 1.30 bits per heavy atom. The quantitative estimate of drug-likeness (QED) is 0.792. The van der Waals surface area contributed by atoms with Gasteiger partial charge in [0.1, 0.15) is 5.75 Å². The van der Waals surface area contributed by atoms with Crippen molar-refractivity contribution in [1.82, 2.24) is 25.4 Å². The van der Waals surface area contributed by atoms with Crippen molar-refractivity contribution >= 4 is 23.7 Å². The van der Waals surface area contributed by atoms with Gasteiger partial charge in [-0.1, -0.05) is 23.9 Å². The monoisotopic (exact) mass is 335 g/mol. The van der Waals surface area contributed by atoms with Crippen LogP contribution in [0.2, 0.25) is 0 Å². The molecule has 23 heavy (non-hydrogen) atoms. The van der Waals surface area contributed by atoms with E-state index in [2.05, 4.69) is 20.8 Å². The molecule has 122 valence electrons. The van der Waals surface area contributed by atoms with Gasteiger partial charge in [-0.2, -0.15) is 0 Å². The van der Waals surface area contributed by atoms with Gasteiger partial charge in [0.2, 0.25) is 5.91 Å². The number of carbonyl (C=O) groups excluding carboxylic acids is 2. The number of nitrogens with one attached hydrogen (secondary N) is 2. The first-order valence-electron chi connectivity index (χ1n) is 6.74. The summed E-state index contributed by atoms with van der Waals surface area (Å²) in [5, 5.41) is 13.3. The van der Waals surface area contributed by atoms with Crippen LogP contribution in [0, 0.1) is 0 Å². The molecule has 0 spiro atoms. The van der Waals surface area contributed by atoms with Crippen molar-refractivity contribution in [1.29, 1.82) is 0 Å². The topological polar surface area (TPSA) is 98.1 Å². The highest BCUT2D eigenvalue weighted by molar-refractivity contribution is 7.99. The van der Waals surface area contributed by atoms with Crippen LogP contribution in [0.1, 0.15) is 0 Å². The Labute approximate surface area is 137 Å². The Morgan fingerprint density at radius 2 is 2.04 bits per heavy atom. The van der Waals surface area contributed by atoms with Crippen molar-refractivity contribution < 1.29 is 14.3 Å². The van der Waals surface area contributed by atoms with Gasteiger partial charge in [-0.3, -0.25) is 10.1 Å². The Kier molecular flexibility index (Phi) is 5.58. The molecule has 0 radical (unpaired) electrons. The third-order valence-corrected chi connectivity index (χ3v) is 4.02. The second kappa shape index (κ2) is 7.63. The van der Waals surface area contributed by atoms with Gasteiger partial charge in [0.05, 0.1) is 18.4 Å². The SMILES string of the molecule is CNC(=O)NC(=O)CSc1nnc(-c2ccccc2OC)n1C. The number of aromatic nitrogens is 3. The van der Waals surface area contributed by atoms with E-state index < -0.39 is 11.9 Å². The van der Waals surface area contributed by atoms with Crippen molar-refractivity contribution in [2.24, 2.45) is 7.05 Å². The van der Waals surface area contributed by atoms with Gasteiger partial charge in [0.25, 0.3) is 0 Å². The van der Waals surface area contributed by atoms with E-state index in [0.717, 1.165) is 5.56 Å². The molecule has 0 aliphatic rings. The number of benzene rings is 1. The molecule has 0 atom stereocenters. The zero-order valence-corrected chi connectivity index (χ0v) is 13.8. The summed E-state index contributed by atoms with van der Waals surface area (Å²) in [5.74, 6) is 0.982. The second-order valence-electron chi connectivity index (χ2n) is 4.48. The number of methoxy groups -OCH3 is 1. The molecule has 0 unspecified atom stereocenters. The van der Waals surface area contributed by atoms with Crippen molar-refractivity contribution in [3.8, 4) is 17.1 Å². The second-order valence-corrected chi connectivity index (χ2v) is 5.42. The minimum atomic E-state index is -0.539. The molecule has 0 aliphatic heterocycles. The highest BCUT2D eigenvalue weighted by atomic mass is 32.2. The lowest BCUT2D eigenvalue weighted by Gasteiger charge is -2.08. The summed E-state index contributed by atoms with van der Waals surface area (Å²) < 4.78 is 7.10. The number of amides is 3. The smallest absolute Gasteiger partial charge is 0.321 e. The summed E-state index contributed by atoms with van der Waals surface area (Å²) in [6.07, 6.45) is 0. The number of imide groups is 1. The number of para-hydroxylation sites is 1. The molecule has 0 saturated heterocycles. The van der Waals surface area contributed by atoms with Gasteiger partial charge in [0.15, 0.2) is 11.0 Å². The maximum atomic E-state index is 11.6. The summed E-state index contributed by atoms with van der Waals surface area (Å²) in [6.45, 7) is 0. The number of hydrogen-bond acceptors (Lipinski definition) is 6. The Bertz CT molecular complexity index is 716. The third kappa shape index (κ3) is 4.01. The Hall–Kier alpha value is -2.55. The maximum Gasteiger partial charge on any atom is 0.321 e. The first-order valence-corrected chi connectivity index (χ1v) is 7.72. The minimum Gasteiger partial charge on any atom is -0.496 e. The molecule has 1 aromatic carbocycles. The number of nitrogens with zero attached hydrogens (tertiary/aromatic N) is 3.